The molecule has 6 nitrogen and oxygen atoms in total. The first kappa shape index (κ1) is 15.6. The molecule has 0 aliphatic carbocycles. The zero-order valence-electron chi connectivity index (χ0n) is 12.9. The lowest BCUT2D eigenvalue weighted by Gasteiger charge is -2.26. The van der Waals surface area contributed by atoms with E-state index in [-0.39, 0.29) is 5.84 Å². The Morgan fingerprint density at radius 3 is 2.76 bits per heavy atom. The van der Waals surface area contributed by atoms with E-state index in [1.807, 2.05) is 26.8 Å². The molecule has 116 valence electrons. The largest absolute Gasteiger partial charge is 0.409 e. The van der Waals surface area contributed by atoms with Crippen LogP contribution in [-0.2, 0) is 0 Å². The van der Waals surface area contributed by atoms with Crippen LogP contribution in [0.1, 0.15) is 43.0 Å². The molecule has 1 unspecified atom stereocenters. The Morgan fingerprint density at radius 1 is 1.38 bits per heavy atom. The van der Waals surface area contributed by atoms with Gasteiger partial charge >= 0.3 is 0 Å². The summed E-state index contributed by atoms with van der Waals surface area (Å²) in [4.78, 5) is 6.71. The number of anilines is 1. The Kier molecular flexibility index (Phi) is 4.37. The van der Waals surface area contributed by atoms with Gasteiger partial charge in [-0.1, -0.05) is 5.16 Å². The average Bonchev–Trinajstić information content (AvgIpc) is 2.58. The minimum atomic E-state index is -0.635. The molecule has 1 aromatic rings. The van der Waals surface area contributed by atoms with Crippen molar-refractivity contribution in [3.8, 4) is 0 Å². The number of aliphatic hydroxyl groups is 1. The number of rotatable bonds is 2. The normalized spacial score (nSPS) is 24.0. The number of hydrogen-bond acceptors (Lipinski definition) is 5. The molecule has 0 spiro atoms. The third kappa shape index (κ3) is 3.44. The van der Waals surface area contributed by atoms with E-state index >= 15 is 0 Å². The molecule has 2 rings (SSSR count). The molecule has 1 saturated heterocycles. The van der Waals surface area contributed by atoms with Gasteiger partial charge in [-0.3, -0.25) is 0 Å². The van der Waals surface area contributed by atoms with Gasteiger partial charge in [-0.05, 0) is 51.7 Å². The molecule has 21 heavy (non-hydrogen) atoms. The summed E-state index contributed by atoms with van der Waals surface area (Å²) in [5.41, 5.74) is 7.70. The monoisotopic (exact) mass is 292 g/mol. The van der Waals surface area contributed by atoms with Crippen LogP contribution in [0.15, 0.2) is 11.2 Å². The summed E-state index contributed by atoms with van der Waals surface area (Å²) in [6.45, 7) is 7.24. The Bertz CT molecular complexity index is 555. The summed E-state index contributed by atoms with van der Waals surface area (Å²) in [6, 6.07) is 1.92. The van der Waals surface area contributed by atoms with Gasteiger partial charge in [-0.15, -0.1) is 0 Å². The highest BCUT2D eigenvalue weighted by Gasteiger charge is 2.27. The van der Waals surface area contributed by atoms with Gasteiger partial charge in [0.2, 0.25) is 0 Å². The van der Waals surface area contributed by atoms with Crippen molar-refractivity contribution >= 4 is 11.7 Å². The molecule has 4 N–H and O–H groups in total. The van der Waals surface area contributed by atoms with Crippen LogP contribution in [0.5, 0.6) is 0 Å². The molecular weight excluding hydrogens is 268 g/mol. The van der Waals surface area contributed by atoms with Crippen LogP contribution in [0.4, 0.5) is 5.82 Å². The molecule has 1 aromatic heterocycles. The number of nitrogens with two attached hydrogens (primary N) is 1. The Balaban J connectivity index is 2.43. The van der Waals surface area contributed by atoms with Gasteiger partial charge in [-0.2, -0.15) is 0 Å². The van der Waals surface area contributed by atoms with Crippen molar-refractivity contribution in [1.82, 2.24) is 4.98 Å². The Morgan fingerprint density at radius 2 is 2.10 bits per heavy atom. The number of aromatic nitrogens is 1. The second-order valence-electron chi connectivity index (χ2n) is 6.10. The van der Waals surface area contributed by atoms with Crippen LogP contribution in [0.3, 0.4) is 0 Å². The van der Waals surface area contributed by atoms with Gasteiger partial charge in [0.1, 0.15) is 5.82 Å². The number of pyridine rings is 1. The van der Waals surface area contributed by atoms with E-state index in [1.54, 1.807) is 0 Å². The van der Waals surface area contributed by atoms with E-state index < -0.39 is 5.60 Å². The molecule has 1 atom stereocenters. The van der Waals surface area contributed by atoms with Gasteiger partial charge in [0, 0.05) is 18.8 Å². The highest BCUT2D eigenvalue weighted by molar-refractivity contribution is 6.02. The third-order valence-electron chi connectivity index (χ3n) is 4.05. The van der Waals surface area contributed by atoms with Crippen LogP contribution in [0.25, 0.3) is 0 Å². The summed E-state index contributed by atoms with van der Waals surface area (Å²) in [6.07, 6.45) is 2.34. The lowest BCUT2D eigenvalue weighted by molar-refractivity contribution is 0.0481. The molecule has 1 fully saturated rings. The van der Waals surface area contributed by atoms with Crippen molar-refractivity contribution in [1.29, 1.82) is 0 Å². The predicted octanol–water partition coefficient (Wildman–Crippen LogP) is 1.53. The van der Waals surface area contributed by atoms with E-state index in [2.05, 4.69) is 15.0 Å². The Labute approximate surface area is 125 Å². The van der Waals surface area contributed by atoms with E-state index in [9.17, 15) is 5.11 Å². The summed E-state index contributed by atoms with van der Waals surface area (Å²) >= 11 is 0. The topological polar surface area (TPSA) is 95.0 Å². The van der Waals surface area contributed by atoms with Crippen LogP contribution in [-0.4, -0.2) is 39.8 Å². The van der Waals surface area contributed by atoms with E-state index in [4.69, 9.17) is 10.9 Å². The van der Waals surface area contributed by atoms with E-state index in [1.165, 1.54) is 0 Å². The van der Waals surface area contributed by atoms with Gasteiger partial charge in [0.25, 0.3) is 0 Å². The smallest absolute Gasteiger partial charge is 0.174 e. The highest BCUT2D eigenvalue weighted by Crippen LogP contribution is 2.28. The standard InChI is InChI=1S/C15H24N4O2/c1-10-9-11(2)17-14(12(10)13(16)18-21)19-7-4-5-15(3,20)6-8-19/h9,20-21H,4-8H2,1-3H3,(H2,16,18). The first-order valence-electron chi connectivity index (χ1n) is 7.27. The maximum atomic E-state index is 10.2. The van der Waals surface area contributed by atoms with Crippen LogP contribution in [0, 0.1) is 13.8 Å². The summed E-state index contributed by atoms with van der Waals surface area (Å²) in [5.74, 6) is 0.812. The van der Waals surface area contributed by atoms with Crippen LogP contribution >= 0.6 is 0 Å². The maximum Gasteiger partial charge on any atom is 0.174 e. The van der Waals surface area contributed by atoms with Crippen molar-refractivity contribution < 1.29 is 10.3 Å². The van der Waals surface area contributed by atoms with Crippen molar-refractivity contribution in [3.05, 3.63) is 22.9 Å². The minimum absolute atomic E-state index is 0.0750. The SMILES string of the molecule is Cc1cc(C)c(/C(N)=N/O)c(N2CCCC(C)(O)CC2)n1. The van der Waals surface area contributed by atoms with Gasteiger partial charge in [0.05, 0.1) is 11.2 Å². The molecule has 0 saturated carbocycles. The number of aryl methyl sites for hydroxylation is 2. The average molecular weight is 292 g/mol. The molecule has 2 heterocycles. The molecule has 0 amide bonds. The second kappa shape index (κ2) is 5.89. The zero-order valence-corrected chi connectivity index (χ0v) is 12.9. The van der Waals surface area contributed by atoms with Gasteiger partial charge in [-0.25, -0.2) is 4.98 Å². The first-order valence-corrected chi connectivity index (χ1v) is 7.27. The third-order valence-corrected chi connectivity index (χ3v) is 4.05. The van der Waals surface area contributed by atoms with Crippen molar-refractivity contribution in [2.45, 2.75) is 45.6 Å². The number of hydrogen-bond donors (Lipinski definition) is 3. The molecule has 1 aliphatic rings. The van der Waals surface area contributed by atoms with Crippen LogP contribution in [0.2, 0.25) is 0 Å². The second-order valence-corrected chi connectivity index (χ2v) is 6.10. The van der Waals surface area contributed by atoms with E-state index in [0.29, 0.717) is 18.5 Å². The fourth-order valence-corrected chi connectivity index (χ4v) is 2.89. The Hall–Kier alpha value is -1.82. The van der Waals surface area contributed by atoms with Gasteiger partial charge in [0.15, 0.2) is 5.84 Å². The van der Waals surface area contributed by atoms with Crippen molar-refractivity contribution in [2.75, 3.05) is 18.0 Å². The molecule has 1 aliphatic heterocycles. The molecule has 0 radical (unpaired) electrons. The quantitative estimate of drug-likeness (QED) is 0.332. The molecule has 6 heteroatoms. The molecule has 0 aromatic carbocycles. The van der Waals surface area contributed by atoms with E-state index in [0.717, 1.165) is 36.5 Å². The lowest BCUT2D eigenvalue weighted by Crippen LogP contribution is -2.31. The van der Waals surface area contributed by atoms with Crippen molar-refractivity contribution in [3.63, 3.8) is 0 Å². The zero-order chi connectivity index (χ0) is 15.6. The number of amidine groups is 1. The van der Waals surface area contributed by atoms with Crippen LogP contribution < -0.4 is 10.6 Å². The fourth-order valence-electron chi connectivity index (χ4n) is 2.89. The minimum Gasteiger partial charge on any atom is -0.409 e. The first-order chi connectivity index (χ1) is 9.84. The summed E-state index contributed by atoms with van der Waals surface area (Å²) in [5, 5.41) is 22.4. The molecular formula is C15H24N4O2. The fraction of sp³-hybridized carbons (Fsp3) is 0.600. The summed E-state index contributed by atoms with van der Waals surface area (Å²) in [7, 11) is 0. The predicted molar refractivity (Wildman–Crippen MR) is 82.9 cm³/mol. The molecule has 0 bridgehead atoms. The van der Waals surface area contributed by atoms with Gasteiger partial charge < -0.3 is 20.9 Å². The summed E-state index contributed by atoms with van der Waals surface area (Å²) < 4.78 is 0. The maximum absolute atomic E-state index is 10.2. The van der Waals surface area contributed by atoms with Crippen molar-refractivity contribution in [2.24, 2.45) is 10.9 Å². The number of oxime groups is 1. The number of nitrogens with zero attached hydrogens (tertiary/aromatic N) is 3. The highest BCUT2D eigenvalue weighted by atomic mass is 16.4. The lowest BCUT2D eigenvalue weighted by atomic mass is 9.98.